The molecule has 122 valence electrons. The van der Waals surface area contributed by atoms with E-state index in [4.69, 9.17) is 11.6 Å². The highest BCUT2D eigenvalue weighted by atomic mass is 35.5. The largest absolute Gasteiger partial charge is 0.324 e. The molecule has 2 N–H and O–H groups in total. The third-order valence-electron chi connectivity index (χ3n) is 4.01. The lowest BCUT2D eigenvalue weighted by atomic mass is 10.00. The Morgan fingerprint density at radius 1 is 1.00 bits per heavy atom. The molecule has 0 saturated heterocycles. The predicted octanol–water partition coefficient (Wildman–Crippen LogP) is 4.78. The molecule has 0 fully saturated rings. The molecule has 1 atom stereocenters. The van der Waals surface area contributed by atoms with E-state index in [-0.39, 0.29) is 18.5 Å². The Bertz CT molecular complexity index is 858. The van der Waals surface area contributed by atoms with Gasteiger partial charge in [-0.1, -0.05) is 66.2 Å². The maximum absolute atomic E-state index is 12.1. The average Bonchev–Trinajstić information content (AvgIpc) is 2.61. The van der Waals surface area contributed by atoms with Gasteiger partial charge in [0, 0.05) is 6.04 Å². The number of amides is 1. The molecule has 0 aromatic heterocycles. The summed E-state index contributed by atoms with van der Waals surface area (Å²) in [7, 11) is 0. The molecular weight excluding hydrogens is 320 g/mol. The molecule has 0 aliphatic carbocycles. The number of nitrogens with one attached hydrogen (secondary N) is 2. The second-order valence-corrected chi connectivity index (χ2v) is 6.11. The Labute approximate surface area is 146 Å². The Balaban J connectivity index is 1.65. The topological polar surface area (TPSA) is 41.1 Å². The maximum Gasteiger partial charge on any atom is 0.238 e. The van der Waals surface area contributed by atoms with Crippen LogP contribution in [0.15, 0.2) is 66.7 Å². The van der Waals surface area contributed by atoms with Crippen LogP contribution in [0.5, 0.6) is 0 Å². The van der Waals surface area contributed by atoms with Gasteiger partial charge in [-0.3, -0.25) is 4.79 Å². The fraction of sp³-hybridized carbons (Fsp3) is 0.150. The molecule has 0 aliphatic rings. The van der Waals surface area contributed by atoms with Gasteiger partial charge in [-0.05, 0) is 35.4 Å². The summed E-state index contributed by atoms with van der Waals surface area (Å²) < 4.78 is 0. The lowest BCUT2D eigenvalue weighted by molar-refractivity contribution is -0.115. The minimum Gasteiger partial charge on any atom is -0.324 e. The lowest BCUT2D eigenvalue weighted by Crippen LogP contribution is -2.30. The monoisotopic (exact) mass is 338 g/mol. The van der Waals surface area contributed by atoms with Gasteiger partial charge in [0.1, 0.15) is 0 Å². The van der Waals surface area contributed by atoms with Crippen LogP contribution in [0.3, 0.4) is 0 Å². The number of rotatable bonds is 5. The number of hydrogen-bond acceptors (Lipinski definition) is 2. The fourth-order valence-corrected chi connectivity index (χ4v) is 2.92. The van der Waals surface area contributed by atoms with Crippen molar-refractivity contribution in [1.29, 1.82) is 0 Å². The third-order valence-corrected chi connectivity index (χ3v) is 4.34. The van der Waals surface area contributed by atoms with Crippen molar-refractivity contribution in [2.45, 2.75) is 13.0 Å². The third kappa shape index (κ3) is 3.75. The van der Waals surface area contributed by atoms with Crippen molar-refractivity contribution in [3.05, 3.63) is 77.3 Å². The number of anilines is 1. The van der Waals surface area contributed by atoms with E-state index in [9.17, 15) is 4.79 Å². The Kier molecular flexibility index (Phi) is 5.14. The summed E-state index contributed by atoms with van der Waals surface area (Å²) in [6.45, 7) is 2.28. The highest BCUT2D eigenvalue weighted by Crippen LogP contribution is 2.24. The van der Waals surface area contributed by atoms with E-state index in [1.165, 1.54) is 16.3 Å². The number of carbonyl (C=O) groups is 1. The summed E-state index contributed by atoms with van der Waals surface area (Å²) in [6.07, 6.45) is 0. The van der Waals surface area contributed by atoms with Gasteiger partial charge in [-0.25, -0.2) is 0 Å². The van der Waals surface area contributed by atoms with Crippen molar-refractivity contribution >= 4 is 34.0 Å². The molecule has 3 rings (SSSR count). The molecule has 0 unspecified atom stereocenters. The van der Waals surface area contributed by atoms with Crippen molar-refractivity contribution in [3.8, 4) is 0 Å². The number of carbonyl (C=O) groups excluding carboxylic acids is 1. The van der Waals surface area contributed by atoms with Crippen LogP contribution < -0.4 is 10.6 Å². The quantitative estimate of drug-likeness (QED) is 0.702. The predicted molar refractivity (Wildman–Crippen MR) is 100 cm³/mol. The first-order valence-electron chi connectivity index (χ1n) is 7.90. The summed E-state index contributed by atoms with van der Waals surface area (Å²) >= 11 is 6.06. The number of benzene rings is 3. The van der Waals surface area contributed by atoms with Gasteiger partial charge in [0.2, 0.25) is 5.91 Å². The first kappa shape index (κ1) is 16.5. The van der Waals surface area contributed by atoms with E-state index in [0.29, 0.717) is 10.7 Å². The molecule has 3 nitrogen and oxygen atoms in total. The van der Waals surface area contributed by atoms with Crippen LogP contribution in [0.2, 0.25) is 5.02 Å². The van der Waals surface area contributed by atoms with Crippen molar-refractivity contribution in [2.24, 2.45) is 0 Å². The van der Waals surface area contributed by atoms with Crippen LogP contribution in [-0.2, 0) is 4.79 Å². The highest BCUT2D eigenvalue weighted by molar-refractivity contribution is 6.33. The molecule has 3 aromatic carbocycles. The van der Waals surface area contributed by atoms with Gasteiger partial charge in [0.25, 0.3) is 0 Å². The van der Waals surface area contributed by atoms with Crippen molar-refractivity contribution < 1.29 is 4.79 Å². The summed E-state index contributed by atoms with van der Waals surface area (Å²) in [4.78, 5) is 12.1. The molecule has 0 saturated carbocycles. The van der Waals surface area contributed by atoms with E-state index in [1.807, 2.05) is 30.3 Å². The van der Waals surface area contributed by atoms with E-state index < -0.39 is 0 Å². The van der Waals surface area contributed by atoms with Gasteiger partial charge >= 0.3 is 0 Å². The molecule has 24 heavy (non-hydrogen) atoms. The van der Waals surface area contributed by atoms with Crippen LogP contribution in [0.25, 0.3) is 10.8 Å². The smallest absolute Gasteiger partial charge is 0.238 e. The highest BCUT2D eigenvalue weighted by Gasteiger charge is 2.11. The molecule has 0 bridgehead atoms. The van der Waals surface area contributed by atoms with Gasteiger partial charge in [-0.15, -0.1) is 0 Å². The average molecular weight is 339 g/mol. The Morgan fingerprint density at radius 2 is 1.71 bits per heavy atom. The van der Waals surface area contributed by atoms with Crippen LogP contribution in [0.1, 0.15) is 18.5 Å². The number of fused-ring (bicyclic) bond motifs is 1. The van der Waals surface area contributed by atoms with Crippen LogP contribution in [-0.4, -0.2) is 12.5 Å². The standard InChI is InChI=1S/C20H19ClN2O/c1-14(16-10-6-8-15-7-2-3-9-17(15)16)22-13-20(24)23-19-12-5-4-11-18(19)21/h2-12,14,22H,13H2,1H3,(H,23,24)/t14-/m1/s1. The van der Waals surface area contributed by atoms with Crippen LogP contribution >= 0.6 is 11.6 Å². The number of hydrogen-bond donors (Lipinski definition) is 2. The zero-order valence-corrected chi connectivity index (χ0v) is 14.2. The molecule has 0 aliphatic heterocycles. The SMILES string of the molecule is C[C@@H](NCC(=O)Nc1ccccc1Cl)c1cccc2ccccc12. The first-order valence-corrected chi connectivity index (χ1v) is 8.28. The first-order chi connectivity index (χ1) is 11.6. The van der Waals surface area contributed by atoms with Crippen LogP contribution in [0, 0.1) is 0 Å². The number of halogens is 1. The molecule has 4 heteroatoms. The molecule has 1 amide bonds. The Hall–Kier alpha value is -2.36. The fourth-order valence-electron chi connectivity index (χ4n) is 2.74. The lowest BCUT2D eigenvalue weighted by Gasteiger charge is -2.16. The minimum atomic E-state index is -0.116. The zero-order chi connectivity index (χ0) is 16.9. The summed E-state index contributed by atoms with van der Waals surface area (Å²) in [5.41, 5.74) is 1.81. The van der Waals surface area contributed by atoms with Gasteiger partial charge in [0.15, 0.2) is 0 Å². The van der Waals surface area contributed by atoms with E-state index in [1.54, 1.807) is 12.1 Å². The van der Waals surface area contributed by atoms with Crippen LogP contribution in [0.4, 0.5) is 5.69 Å². The van der Waals surface area contributed by atoms with Gasteiger partial charge < -0.3 is 10.6 Å². The van der Waals surface area contributed by atoms with E-state index >= 15 is 0 Å². The molecule has 3 aromatic rings. The van der Waals surface area contributed by atoms with E-state index in [0.717, 1.165) is 0 Å². The summed E-state index contributed by atoms with van der Waals surface area (Å²) in [5.74, 6) is -0.116. The van der Waals surface area contributed by atoms with Gasteiger partial charge in [-0.2, -0.15) is 0 Å². The zero-order valence-electron chi connectivity index (χ0n) is 13.4. The van der Waals surface area contributed by atoms with Crippen molar-refractivity contribution in [1.82, 2.24) is 5.32 Å². The molecule has 0 radical (unpaired) electrons. The number of para-hydroxylation sites is 1. The second-order valence-electron chi connectivity index (χ2n) is 5.70. The molecular formula is C20H19ClN2O. The Morgan fingerprint density at radius 3 is 2.54 bits per heavy atom. The molecule has 0 spiro atoms. The summed E-state index contributed by atoms with van der Waals surface area (Å²) in [6, 6.07) is 21.8. The maximum atomic E-state index is 12.1. The normalized spacial score (nSPS) is 12.1. The second kappa shape index (κ2) is 7.47. The minimum absolute atomic E-state index is 0.0631. The molecule has 0 heterocycles. The van der Waals surface area contributed by atoms with Crippen molar-refractivity contribution in [3.63, 3.8) is 0 Å². The van der Waals surface area contributed by atoms with E-state index in [2.05, 4.69) is 41.8 Å². The van der Waals surface area contributed by atoms with Gasteiger partial charge in [0.05, 0.1) is 17.3 Å². The van der Waals surface area contributed by atoms with Crippen molar-refractivity contribution in [2.75, 3.05) is 11.9 Å². The summed E-state index contributed by atoms with van der Waals surface area (Å²) in [5, 5.41) is 9.03.